The molecular weight excluding hydrogens is 220 g/mol. The number of hydrogen-bond acceptors (Lipinski definition) is 2. The Morgan fingerprint density at radius 2 is 1.83 bits per heavy atom. The molecule has 1 N–H and O–H groups in total. The van der Waals surface area contributed by atoms with Gasteiger partial charge >= 0.3 is 0 Å². The molecule has 1 aliphatic rings. The molecule has 1 aliphatic heterocycles. The van der Waals surface area contributed by atoms with Crippen LogP contribution in [0, 0.1) is 5.41 Å². The number of hydrogen-bond donors (Lipinski definition) is 1. The zero-order valence-electron chi connectivity index (χ0n) is 13.5. The van der Waals surface area contributed by atoms with Gasteiger partial charge in [-0.15, -0.1) is 0 Å². The Morgan fingerprint density at radius 1 is 1.22 bits per heavy atom. The highest BCUT2D eigenvalue weighted by Gasteiger charge is 2.37. The van der Waals surface area contributed by atoms with Gasteiger partial charge in [0.05, 0.1) is 0 Å². The first kappa shape index (κ1) is 16.0. The van der Waals surface area contributed by atoms with Crippen LogP contribution in [-0.2, 0) is 0 Å². The molecule has 0 aliphatic carbocycles. The quantitative estimate of drug-likeness (QED) is 0.746. The third-order valence-electron chi connectivity index (χ3n) is 4.98. The molecule has 2 heteroatoms. The van der Waals surface area contributed by atoms with E-state index in [1.54, 1.807) is 0 Å². The van der Waals surface area contributed by atoms with Gasteiger partial charge in [0.25, 0.3) is 0 Å². The second-order valence-corrected chi connectivity index (χ2v) is 7.08. The Balaban J connectivity index is 2.66. The van der Waals surface area contributed by atoms with Gasteiger partial charge in [0.15, 0.2) is 0 Å². The van der Waals surface area contributed by atoms with Crippen molar-refractivity contribution in [2.75, 3.05) is 19.6 Å². The molecule has 0 spiro atoms. The van der Waals surface area contributed by atoms with E-state index in [2.05, 4.69) is 51.8 Å². The zero-order valence-corrected chi connectivity index (χ0v) is 13.5. The smallest absolute Gasteiger partial charge is 0.0153 e. The van der Waals surface area contributed by atoms with Crippen LogP contribution in [0.2, 0.25) is 0 Å². The van der Waals surface area contributed by atoms with Crippen LogP contribution < -0.4 is 5.32 Å². The molecule has 0 aromatic carbocycles. The van der Waals surface area contributed by atoms with E-state index in [4.69, 9.17) is 0 Å². The molecule has 108 valence electrons. The maximum Gasteiger partial charge on any atom is 0.0153 e. The number of nitrogens with one attached hydrogen (secondary N) is 1. The summed E-state index contributed by atoms with van der Waals surface area (Å²) in [5.41, 5.74) is 0.860. The van der Waals surface area contributed by atoms with Crippen LogP contribution in [0.5, 0.6) is 0 Å². The lowest BCUT2D eigenvalue weighted by Crippen LogP contribution is -2.49. The van der Waals surface area contributed by atoms with Gasteiger partial charge in [0.2, 0.25) is 0 Å². The third kappa shape index (κ3) is 3.96. The van der Waals surface area contributed by atoms with Crippen LogP contribution in [0.3, 0.4) is 0 Å². The maximum absolute atomic E-state index is 3.66. The molecule has 0 unspecified atom stereocenters. The summed E-state index contributed by atoms with van der Waals surface area (Å²) in [5, 5.41) is 3.66. The number of rotatable bonds is 7. The SMILES string of the molecule is CCC(CC)(CNC(C)C)CN1CCCC1(C)C. The Morgan fingerprint density at radius 3 is 2.22 bits per heavy atom. The van der Waals surface area contributed by atoms with Gasteiger partial charge in [-0.25, -0.2) is 0 Å². The normalized spacial score (nSPS) is 20.8. The largest absolute Gasteiger partial charge is 0.314 e. The third-order valence-corrected chi connectivity index (χ3v) is 4.98. The molecule has 2 nitrogen and oxygen atoms in total. The summed E-state index contributed by atoms with van der Waals surface area (Å²) in [5.74, 6) is 0. The average Bonchev–Trinajstić information content (AvgIpc) is 2.64. The first-order valence-corrected chi connectivity index (χ1v) is 7.83. The second kappa shape index (κ2) is 6.38. The van der Waals surface area contributed by atoms with E-state index in [-0.39, 0.29) is 0 Å². The summed E-state index contributed by atoms with van der Waals surface area (Å²) in [4.78, 5) is 2.72. The van der Waals surface area contributed by atoms with Crippen molar-refractivity contribution in [1.29, 1.82) is 0 Å². The van der Waals surface area contributed by atoms with Gasteiger partial charge < -0.3 is 5.32 Å². The molecule has 0 aromatic heterocycles. The van der Waals surface area contributed by atoms with E-state index in [1.165, 1.54) is 38.8 Å². The van der Waals surface area contributed by atoms with Gasteiger partial charge in [-0.3, -0.25) is 4.90 Å². The maximum atomic E-state index is 3.66. The standard InChI is InChI=1S/C16H34N2/c1-7-16(8-2,12-17-14(3)4)13-18-11-9-10-15(18,5)6/h14,17H,7-13H2,1-6H3. The molecule has 0 amide bonds. The first-order chi connectivity index (χ1) is 8.35. The summed E-state index contributed by atoms with van der Waals surface area (Å²) in [6.45, 7) is 17.7. The van der Waals surface area contributed by atoms with Crippen LogP contribution in [0.15, 0.2) is 0 Å². The highest BCUT2D eigenvalue weighted by Crippen LogP contribution is 2.35. The van der Waals surface area contributed by atoms with E-state index in [9.17, 15) is 0 Å². The fraction of sp³-hybridized carbons (Fsp3) is 1.00. The zero-order chi connectivity index (χ0) is 13.8. The van der Waals surface area contributed by atoms with Gasteiger partial charge in [-0.05, 0) is 51.5 Å². The van der Waals surface area contributed by atoms with Crippen molar-refractivity contribution in [2.45, 2.75) is 78.8 Å². The van der Waals surface area contributed by atoms with E-state index < -0.39 is 0 Å². The Bertz CT molecular complexity index is 241. The molecule has 1 heterocycles. The van der Waals surface area contributed by atoms with Crippen molar-refractivity contribution < 1.29 is 0 Å². The van der Waals surface area contributed by atoms with Gasteiger partial charge in [0, 0.05) is 24.7 Å². The predicted octanol–water partition coefficient (Wildman–Crippen LogP) is 3.67. The van der Waals surface area contributed by atoms with Crippen molar-refractivity contribution in [2.24, 2.45) is 5.41 Å². The lowest BCUT2D eigenvalue weighted by molar-refractivity contribution is 0.0851. The fourth-order valence-corrected chi connectivity index (χ4v) is 3.06. The molecule has 0 radical (unpaired) electrons. The van der Waals surface area contributed by atoms with Crippen molar-refractivity contribution in [3.05, 3.63) is 0 Å². The van der Waals surface area contributed by atoms with Crippen LogP contribution in [0.1, 0.15) is 67.2 Å². The minimum Gasteiger partial charge on any atom is -0.314 e. The van der Waals surface area contributed by atoms with E-state index in [0.717, 1.165) is 6.54 Å². The van der Waals surface area contributed by atoms with E-state index in [0.29, 0.717) is 17.0 Å². The summed E-state index contributed by atoms with van der Waals surface area (Å²) >= 11 is 0. The number of likely N-dealkylation sites (tertiary alicyclic amines) is 1. The Hall–Kier alpha value is -0.0800. The van der Waals surface area contributed by atoms with Crippen molar-refractivity contribution in [3.63, 3.8) is 0 Å². The summed E-state index contributed by atoms with van der Waals surface area (Å²) in [6, 6.07) is 0.592. The van der Waals surface area contributed by atoms with Crippen LogP contribution in [0.25, 0.3) is 0 Å². The Labute approximate surface area is 115 Å². The van der Waals surface area contributed by atoms with Crippen molar-refractivity contribution in [3.8, 4) is 0 Å². The molecular formula is C16H34N2. The topological polar surface area (TPSA) is 15.3 Å². The highest BCUT2D eigenvalue weighted by atomic mass is 15.2. The van der Waals surface area contributed by atoms with E-state index >= 15 is 0 Å². The fourth-order valence-electron chi connectivity index (χ4n) is 3.06. The molecule has 0 atom stereocenters. The lowest BCUT2D eigenvalue weighted by Gasteiger charge is -2.42. The summed E-state index contributed by atoms with van der Waals surface area (Å²) in [7, 11) is 0. The van der Waals surface area contributed by atoms with Crippen LogP contribution in [0.4, 0.5) is 0 Å². The summed E-state index contributed by atoms with van der Waals surface area (Å²) in [6.07, 6.45) is 5.27. The van der Waals surface area contributed by atoms with Crippen LogP contribution >= 0.6 is 0 Å². The Kier molecular flexibility index (Phi) is 5.67. The van der Waals surface area contributed by atoms with Gasteiger partial charge in [-0.2, -0.15) is 0 Å². The molecule has 1 fully saturated rings. The van der Waals surface area contributed by atoms with Crippen molar-refractivity contribution in [1.82, 2.24) is 10.2 Å². The van der Waals surface area contributed by atoms with E-state index in [1.807, 2.05) is 0 Å². The average molecular weight is 254 g/mol. The number of nitrogens with zero attached hydrogens (tertiary/aromatic N) is 1. The van der Waals surface area contributed by atoms with Crippen molar-refractivity contribution >= 4 is 0 Å². The first-order valence-electron chi connectivity index (χ1n) is 7.83. The molecule has 18 heavy (non-hydrogen) atoms. The van der Waals surface area contributed by atoms with Gasteiger partial charge in [0.1, 0.15) is 0 Å². The molecule has 1 rings (SSSR count). The summed E-state index contributed by atoms with van der Waals surface area (Å²) < 4.78 is 0. The minimum atomic E-state index is 0.410. The molecule has 1 saturated heterocycles. The monoisotopic (exact) mass is 254 g/mol. The molecule has 0 aromatic rings. The molecule has 0 bridgehead atoms. The minimum absolute atomic E-state index is 0.410. The lowest BCUT2D eigenvalue weighted by atomic mass is 9.80. The highest BCUT2D eigenvalue weighted by molar-refractivity contribution is 4.93. The van der Waals surface area contributed by atoms with Crippen LogP contribution in [-0.4, -0.2) is 36.1 Å². The predicted molar refractivity (Wildman–Crippen MR) is 81.0 cm³/mol. The molecule has 0 saturated carbocycles. The van der Waals surface area contributed by atoms with Gasteiger partial charge in [-0.1, -0.05) is 27.7 Å². The second-order valence-electron chi connectivity index (χ2n) is 7.08.